The van der Waals surface area contributed by atoms with Crippen LogP contribution in [0.2, 0.25) is 0 Å². The van der Waals surface area contributed by atoms with Gasteiger partial charge in [0.05, 0.1) is 18.8 Å². The lowest BCUT2D eigenvalue weighted by molar-refractivity contribution is -0.131. The van der Waals surface area contributed by atoms with Crippen molar-refractivity contribution in [2.45, 2.75) is 199 Å². The molecule has 3 unspecified atom stereocenters. The molecule has 0 rings (SSSR count). The standard InChI is InChI=1S/C35H69NO4/c1-3-5-7-9-11-13-15-16-17-18-19-20-22-23-25-27-29-33(38)32(31-37)36-35(40)34(39)30-28-26-24-21-14-12-10-8-6-4-2/h27,29,32-34,37-39H,3-26,28,30-31H2,1-2H3,(H,36,40)/b29-27+. The van der Waals surface area contributed by atoms with E-state index in [-0.39, 0.29) is 6.61 Å². The van der Waals surface area contributed by atoms with E-state index >= 15 is 0 Å². The van der Waals surface area contributed by atoms with Crippen LogP contribution in [0, 0.1) is 0 Å². The Kier molecular flexibility index (Phi) is 30.3. The predicted molar refractivity (Wildman–Crippen MR) is 172 cm³/mol. The van der Waals surface area contributed by atoms with Gasteiger partial charge in [-0.2, -0.15) is 0 Å². The van der Waals surface area contributed by atoms with Crippen LogP contribution in [0.25, 0.3) is 0 Å². The van der Waals surface area contributed by atoms with Crippen molar-refractivity contribution in [3.63, 3.8) is 0 Å². The smallest absolute Gasteiger partial charge is 0.249 e. The van der Waals surface area contributed by atoms with Crippen LogP contribution in [0.3, 0.4) is 0 Å². The quantitative estimate of drug-likeness (QED) is 0.0497. The monoisotopic (exact) mass is 568 g/mol. The molecule has 238 valence electrons. The van der Waals surface area contributed by atoms with Crippen molar-refractivity contribution < 1.29 is 20.1 Å². The SMILES string of the molecule is CCCCCCCCCCCCCCCC/C=C/C(O)C(CO)NC(=O)C(O)CCCCCCCCCCCC. The maximum Gasteiger partial charge on any atom is 0.249 e. The fourth-order valence-electron chi connectivity index (χ4n) is 5.30. The minimum Gasteiger partial charge on any atom is -0.394 e. The van der Waals surface area contributed by atoms with Crippen LogP contribution in [0.5, 0.6) is 0 Å². The summed E-state index contributed by atoms with van der Waals surface area (Å²) < 4.78 is 0. The first-order chi connectivity index (χ1) is 19.6. The van der Waals surface area contributed by atoms with Gasteiger partial charge in [0.2, 0.25) is 5.91 Å². The third-order valence-corrected chi connectivity index (χ3v) is 8.13. The van der Waals surface area contributed by atoms with Gasteiger partial charge >= 0.3 is 0 Å². The van der Waals surface area contributed by atoms with Crippen molar-refractivity contribution in [3.05, 3.63) is 12.2 Å². The molecule has 0 aromatic carbocycles. The molecular weight excluding hydrogens is 498 g/mol. The minimum atomic E-state index is -1.09. The topological polar surface area (TPSA) is 89.8 Å². The molecule has 1 amide bonds. The third-order valence-electron chi connectivity index (χ3n) is 8.13. The highest BCUT2D eigenvalue weighted by Crippen LogP contribution is 2.14. The zero-order chi connectivity index (χ0) is 29.5. The van der Waals surface area contributed by atoms with Crippen LogP contribution in [0.1, 0.15) is 181 Å². The van der Waals surface area contributed by atoms with Gasteiger partial charge in [0.1, 0.15) is 6.10 Å². The van der Waals surface area contributed by atoms with Gasteiger partial charge in [-0.25, -0.2) is 0 Å². The molecule has 0 fully saturated rings. The summed E-state index contributed by atoms with van der Waals surface area (Å²) in [5, 5.41) is 32.8. The summed E-state index contributed by atoms with van der Waals surface area (Å²) in [5.74, 6) is -0.505. The zero-order valence-electron chi connectivity index (χ0n) is 26.7. The lowest BCUT2D eigenvalue weighted by Gasteiger charge is -2.21. The fourth-order valence-corrected chi connectivity index (χ4v) is 5.30. The lowest BCUT2D eigenvalue weighted by Crippen LogP contribution is -2.48. The molecule has 5 heteroatoms. The molecule has 0 spiro atoms. The van der Waals surface area contributed by atoms with E-state index in [0.717, 1.165) is 32.1 Å². The molecule has 4 N–H and O–H groups in total. The van der Waals surface area contributed by atoms with Crippen LogP contribution >= 0.6 is 0 Å². The number of rotatable bonds is 31. The molecule has 0 saturated heterocycles. The Morgan fingerprint density at radius 2 is 0.975 bits per heavy atom. The third kappa shape index (κ3) is 26.0. The Morgan fingerprint density at radius 3 is 1.38 bits per heavy atom. The summed E-state index contributed by atoms with van der Waals surface area (Å²) in [4.78, 5) is 12.3. The Hall–Kier alpha value is -0.910. The van der Waals surface area contributed by atoms with Gasteiger partial charge in [0.15, 0.2) is 0 Å². The minimum absolute atomic E-state index is 0.360. The Labute approximate surface area is 249 Å². The van der Waals surface area contributed by atoms with Gasteiger partial charge in [0.25, 0.3) is 0 Å². The van der Waals surface area contributed by atoms with E-state index in [4.69, 9.17) is 0 Å². The number of hydrogen-bond donors (Lipinski definition) is 4. The van der Waals surface area contributed by atoms with Gasteiger partial charge in [-0.05, 0) is 19.3 Å². The van der Waals surface area contributed by atoms with Crippen LogP contribution in [-0.4, -0.2) is 46.1 Å². The molecule has 0 aliphatic rings. The van der Waals surface area contributed by atoms with E-state index in [1.54, 1.807) is 6.08 Å². The van der Waals surface area contributed by atoms with Gasteiger partial charge in [0, 0.05) is 0 Å². The summed E-state index contributed by atoms with van der Waals surface area (Å²) in [7, 11) is 0. The zero-order valence-corrected chi connectivity index (χ0v) is 26.7. The van der Waals surface area contributed by atoms with Gasteiger partial charge in [-0.15, -0.1) is 0 Å². The van der Waals surface area contributed by atoms with E-state index in [9.17, 15) is 20.1 Å². The number of aliphatic hydroxyl groups excluding tert-OH is 3. The number of nitrogens with one attached hydrogen (secondary N) is 1. The van der Waals surface area contributed by atoms with E-state index in [0.29, 0.717) is 6.42 Å². The van der Waals surface area contributed by atoms with Crippen molar-refractivity contribution >= 4 is 5.91 Å². The maximum absolute atomic E-state index is 12.3. The number of aliphatic hydroxyl groups is 3. The Bertz CT molecular complexity index is 554. The molecule has 0 aliphatic carbocycles. The highest BCUT2D eigenvalue weighted by atomic mass is 16.3. The van der Waals surface area contributed by atoms with E-state index < -0.39 is 24.2 Å². The summed E-state index contributed by atoms with van der Waals surface area (Å²) in [5.41, 5.74) is 0. The van der Waals surface area contributed by atoms with Crippen molar-refractivity contribution in [2.24, 2.45) is 0 Å². The Morgan fingerprint density at radius 1 is 0.600 bits per heavy atom. The highest BCUT2D eigenvalue weighted by molar-refractivity contribution is 5.80. The van der Waals surface area contributed by atoms with Crippen LogP contribution in [-0.2, 0) is 4.79 Å². The summed E-state index contributed by atoms with van der Waals surface area (Å²) >= 11 is 0. The normalized spacial score (nSPS) is 14.0. The second kappa shape index (κ2) is 31.0. The van der Waals surface area contributed by atoms with Crippen LogP contribution in [0.4, 0.5) is 0 Å². The molecular formula is C35H69NO4. The summed E-state index contributed by atoms with van der Waals surface area (Å²) in [6, 6.07) is -0.789. The first-order valence-corrected chi connectivity index (χ1v) is 17.5. The number of carbonyl (C=O) groups is 1. The molecule has 0 saturated carbocycles. The van der Waals surface area contributed by atoms with Gasteiger partial charge in [-0.3, -0.25) is 4.79 Å². The van der Waals surface area contributed by atoms with Gasteiger partial charge < -0.3 is 20.6 Å². The van der Waals surface area contributed by atoms with Crippen LogP contribution in [0.15, 0.2) is 12.2 Å². The van der Waals surface area contributed by atoms with E-state index in [2.05, 4.69) is 19.2 Å². The first-order valence-electron chi connectivity index (χ1n) is 17.5. The molecule has 40 heavy (non-hydrogen) atoms. The van der Waals surface area contributed by atoms with E-state index in [1.165, 1.54) is 128 Å². The molecule has 3 atom stereocenters. The molecule has 0 aromatic rings. The van der Waals surface area contributed by atoms with Gasteiger partial charge in [-0.1, -0.05) is 174 Å². The second-order valence-corrected chi connectivity index (χ2v) is 12.1. The molecule has 0 radical (unpaired) electrons. The number of amides is 1. The van der Waals surface area contributed by atoms with Crippen molar-refractivity contribution in [1.29, 1.82) is 0 Å². The lowest BCUT2D eigenvalue weighted by atomic mass is 10.0. The van der Waals surface area contributed by atoms with Crippen molar-refractivity contribution in [1.82, 2.24) is 5.32 Å². The molecule has 5 nitrogen and oxygen atoms in total. The van der Waals surface area contributed by atoms with Crippen LogP contribution < -0.4 is 5.32 Å². The first kappa shape index (κ1) is 39.1. The second-order valence-electron chi connectivity index (χ2n) is 12.1. The van der Waals surface area contributed by atoms with Crippen molar-refractivity contribution in [2.75, 3.05) is 6.61 Å². The molecule has 0 aromatic heterocycles. The fraction of sp³-hybridized carbons (Fsp3) is 0.914. The molecule has 0 heterocycles. The molecule has 0 bridgehead atoms. The highest BCUT2D eigenvalue weighted by Gasteiger charge is 2.22. The number of allylic oxidation sites excluding steroid dienone is 1. The summed E-state index contributed by atoms with van der Waals surface area (Å²) in [6.07, 6.45) is 33.7. The summed E-state index contributed by atoms with van der Waals surface area (Å²) in [6.45, 7) is 4.15. The number of hydrogen-bond acceptors (Lipinski definition) is 4. The van der Waals surface area contributed by atoms with E-state index in [1.807, 2.05) is 6.08 Å². The number of unbranched alkanes of at least 4 members (excludes halogenated alkanes) is 23. The molecule has 0 aliphatic heterocycles. The average Bonchev–Trinajstić information content (AvgIpc) is 2.96. The largest absolute Gasteiger partial charge is 0.394 e. The van der Waals surface area contributed by atoms with Crippen molar-refractivity contribution in [3.8, 4) is 0 Å². The average molecular weight is 568 g/mol. The Balaban J connectivity index is 3.74. The number of carbonyl (C=O) groups excluding carboxylic acids is 1. The maximum atomic E-state index is 12.3. The predicted octanol–water partition coefficient (Wildman–Crippen LogP) is 8.92.